The van der Waals surface area contributed by atoms with Gasteiger partial charge in [0.05, 0.1) is 17.3 Å². The first-order chi connectivity index (χ1) is 16.5. The molecule has 2 N–H and O–H groups in total. The standard InChI is InChI=1S/C17H29N3OS.2C2HF3O2/c1-4-21-12-16-5-6-17(19(16)3)7-9-20(10-8-17)11-15-13-22-14(2)18-15;2*3-2(4,5)1(6)7/h13,16H,4-12H2,1-3H3;2*(H,6,7). The second-order valence-electron chi connectivity index (χ2n) is 8.43. The highest BCUT2D eigenvalue weighted by molar-refractivity contribution is 7.09. The molecule has 2 aliphatic heterocycles. The third-order valence-electron chi connectivity index (χ3n) is 6.08. The second-order valence-corrected chi connectivity index (χ2v) is 9.49. The van der Waals surface area contributed by atoms with Crippen LogP contribution in [0.25, 0.3) is 0 Å². The Kier molecular flexibility index (Phi) is 12.1. The minimum absolute atomic E-state index is 0.427. The summed E-state index contributed by atoms with van der Waals surface area (Å²) in [4.78, 5) is 27.6. The zero-order valence-corrected chi connectivity index (χ0v) is 21.0. The van der Waals surface area contributed by atoms with Gasteiger partial charge in [0.25, 0.3) is 0 Å². The summed E-state index contributed by atoms with van der Waals surface area (Å²) in [5, 5.41) is 17.6. The lowest BCUT2D eigenvalue weighted by molar-refractivity contribution is -0.193. The third kappa shape index (κ3) is 10.2. The van der Waals surface area contributed by atoms with E-state index in [2.05, 4.69) is 41.1 Å². The molecule has 0 radical (unpaired) electrons. The molecule has 0 amide bonds. The van der Waals surface area contributed by atoms with Crippen molar-refractivity contribution in [2.75, 3.05) is 33.4 Å². The molecular weight excluding hydrogens is 520 g/mol. The van der Waals surface area contributed by atoms with E-state index in [1.165, 1.54) is 49.5 Å². The van der Waals surface area contributed by atoms with Crippen LogP contribution in [0.15, 0.2) is 5.38 Å². The van der Waals surface area contributed by atoms with Crippen molar-refractivity contribution in [3.63, 3.8) is 0 Å². The first-order valence-corrected chi connectivity index (χ1v) is 11.9. The van der Waals surface area contributed by atoms with Crippen LogP contribution in [0.4, 0.5) is 26.3 Å². The lowest BCUT2D eigenvalue weighted by Gasteiger charge is -2.45. The molecule has 2 aliphatic rings. The third-order valence-corrected chi connectivity index (χ3v) is 6.90. The normalized spacial score (nSPS) is 20.3. The molecule has 2 saturated heterocycles. The summed E-state index contributed by atoms with van der Waals surface area (Å²) in [5.41, 5.74) is 1.67. The van der Waals surface area contributed by atoms with Crippen LogP contribution in [-0.2, 0) is 20.9 Å². The monoisotopic (exact) mass is 551 g/mol. The van der Waals surface area contributed by atoms with Gasteiger partial charge in [-0.05, 0) is 46.6 Å². The first kappa shape index (κ1) is 32.1. The van der Waals surface area contributed by atoms with Crippen molar-refractivity contribution in [2.45, 2.75) is 70.0 Å². The van der Waals surface area contributed by atoms with Gasteiger partial charge in [0.15, 0.2) is 0 Å². The number of likely N-dealkylation sites (N-methyl/N-ethyl adjacent to an activating group) is 1. The molecule has 1 atom stereocenters. The predicted molar refractivity (Wildman–Crippen MR) is 119 cm³/mol. The lowest BCUT2D eigenvalue weighted by Crippen LogP contribution is -2.52. The SMILES string of the molecule is CCOCC1CCC2(CCN(Cc3csc(C)n3)CC2)N1C.O=C(O)C(F)(F)F.O=C(O)C(F)(F)F. The zero-order valence-electron chi connectivity index (χ0n) is 20.2. The first-order valence-electron chi connectivity index (χ1n) is 11.1. The van der Waals surface area contributed by atoms with Crippen LogP contribution in [0.3, 0.4) is 0 Å². The van der Waals surface area contributed by atoms with E-state index in [1.807, 2.05) is 0 Å². The molecule has 1 aromatic heterocycles. The summed E-state index contributed by atoms with van der Waals surface area (Å²) in [6.45, 7) is 9.32. The Labute approximate surface area is 208 Å². The Morgan fingerprint density at radius 3 is 2.00 bits per heavy atom. The number of carbonyl (C=O) groups is 2. The molecule has 0 saturated carbocycles. The van der Waals surface area contributed by atoms with Gasteiger partial charge in [-0.3, -0.25) is 9.80 Å². The number of aliphatic carboxylic acids is 2. The Balaban J connectivity index is 0.000000383. The van der Waals surface area contributed by atoms with Crippen LogP contribution < -0.4 is 0 Å². The molecule has 8 nitrogen and oxygen atoms in total. The number of alkyl halides is 6. The van der Waals surface area contributed by atoms with E-state index in [1.54, 1.807) is 11.3 Å². The van der Waals surface area contributed by atoms with E-state index in [-0.39, 0.29) is 0 Å². The van der Waals surface area contributed by atoms with Crippen molar-refractivity contribution in [1.82, 2.24) is 14.8 Å². The van der Waals surface area contributed by atoms with Gasteiger partial charge >= 0.3 is 24.3 Å². The average molecular weight is 552 g/mol. The number of rotatable bonds is 5. The molecule has 1 aromatic rings. The number of thiazole rings is 1. The number of ether oxygens (including phenoxy) is 1. The predicted octanol–water partition coefficient (Wildman–Crippen LogP) is 4.18. The fourth-order valence-electron chi connectivity index (χ4n) is 4.08. The molecule has 0 aromatic carbocycles. The van der Waals surface area contributed by atoms with Gasteiger partial charge in [-0.1, -0.05) is 0 Å². The summed E-state index contributed by atoms with van der Waals surface area (Å²) in [5.74, 6) is -5.51. The van der Waals surface area contributed by atoms with Gasteiger partial charge in [0.2, 0.25) is 0 Å². The maximum atomic E-state index is 10.6. The van der Waals surface area contributed by atoms with Gasteiger partial charge in [-0.25, -0.2) is 14.6 Å². The fraction of sp³-hybridized carbons (Fsp3) is 0.762. The number of carboxylic acids is 2. The Morgan fingerprint density at radius 1 is 1.11 bits per heavy atom. The molecule has 2 fully saturated rings. The van der Waals surface area contributed by atoms with Crippen molar-refractivity contribution < 1.29 is 50.9 Å². The maximum absolute atomic E-state index is 10.6. The van der Waals surface area contributed by atoms with E-state index >= 15 is 0 Å². The summed E-state index contributed by atoms with van der Waals surface area (Å²) < 4.78 is 69.1. The minimum Gasteiger partial charge on any atom is -0.475 e. The van der Waals surface area contributed by atoms with Crippen LogP contribution in [0.2, 0.25) is 0 Å². The van der Waals surface area contributed by atoms with E-state index < -0.39 is 24.3 Å². The molecule has 3 rings (SSSR count). The highest BCUT2D eigenvalue weighted by Gasteiger charge is 2.45. The molecular formula is C21H31F6N3O5S. The van der Waals surface area contributed by atoms with E-state index in [0.717, 1.165) is 19.8 Å². The number of aromatic nitrogens is 1. The van der Waals surface area contributed by atoms with Crippen molar-refractivity contribution in [1.29, 1.82) is 0 Å². The molecule has 3 heterocycles. The number of hydrogen-bond donors (Lipinski definition) is 2. The Bertz CT molecular complexity index is 817. The van der Waals surface area contributed by atoms with E-state index in [9.17, 15) is 26.3 Å². The number of hydrogen-bond acceptors (Lipinski definition) is 7. The number of carboxylic acid groups (broad SMARTS) is 2. The van der Waals surface area contributed by atoms with Crippen molar-refractivity contribution in [2.24, 2.45) is 0 Å². The molecule has 0 bridgehead atoms. The van der Waals surface area contributed by atoms with E-state index in [0.29, 0.717) is 11.6 Å². The molecule has 1 unspecified atom stereocenters. The lowest BCUT2D eigenvalue weighted by atomic mass is 9.85. The van der Waals surface area contributed by atoms with Crippen LogP contribution in [0.5, 0.6) is 0 Å². The van der Waals surface area contributed by atoms with Gasteiger partial charge in [0, 0.05) is 43.2 Å². The molecule has 0 aliphatic carbocycles. The van der Waals surface area contributed by atoms with Gasteiger partial charge in [0.1, 0.15) is 0 Å². The highest BCUT2D eigenvalue weighted by atomic mass is 32.1. The number of aryl methyl sites for hydroxylation is 1. The van der Waals surface area contributed by atoms with Gasteiger partial charge < -0.3 is 14.9 Å². The van der Waals surface area contributed by atoms with Gasteiger partial charge in [-0.15, -0.1) is 11.3 Å². The number of nitrogens with zero attached hydrogens (tertiary/aromatic N) is 3. The van der Waals surface area contributed by atoms with E-state index in [4.69, 9.17) is 24.5 Å². The summed E-state index contributed by atoms with van der Waals surface area (Å²) in [6.07, 6.45) is -4.96. The number of piperidine rings is 1. The summed E-state index contributed by atoms with van der Waals surface area (Å²) in [6, 6.07) is 0.618. The van der Waals surface area contributed by atoms with Crippen LogP contribution >= 0.6 is 11.3 Å². The number of likely N-dealkylation sites (tertiary alicyclic amines) is 2. The maximum Gasteiger partial charge on any atom is 0.490 e. The Morgan fingerprint density at radius 2 is 1.61 bits per heavy atom. The zero-order chi connectivity index (χ0) is 27.7. The molecule has 36 heavy (non-hydrogen) atoms. The Hall–Kier alpha value is -1.97. The van der Waals surface area contributed by atoms with Crippen molar-refractivity contribution in [3.8, 4) is 0 Å². The second kappa shape index (κ2) is 13.5. The van der Waals surface area contributed by atoms with Crippen LogP contribution in [0.1, 0.15) is 43.3 Å². The average Bonchev–Trinajstić information content (AvgIpc) is 3.31. The summed E-state index contributed by atoms with van der Waals surface area (Å²) in [7, 11) is 2.32. The summed E-state index contributed by atoms with van der Waals surface area (Å²) >= 11 is 1.76. The largest absolute Gasteiger partial charge is 0.490 e. The van der Waals surface area contributed by atoms with Crippen molar-refractivity contribution in [3.05, 3.63) is 16.1 Å². The topological polar surface area (TPSA) is 103 Å². The molecule has 15 heteroatoms. The van der Waals surface area contributed by atoms with Crippen LogP contribution in [-0.4, -0.2) is 94.2 Å². The highest BCUT2D eigenvalue weighted by Crippen LogP contribution is 2.40. The molecule has 208 valence electrons. The fourth-order valence-corrected chi connectivity index (χ4v) is 4.69. The smallest absolute Gasteiger partial charge is 0.475 e. The van der Waals surface area contributed by atoms with Gasteiger partial charge in [-0.2, -0.15) is 26.3 Å². The number of halogens is 6. The molecule has 1 spiro atoms. The van der Waals surface area contributed by atoms with Crippen molar-refractivity contribution >= 4 is 23.3 Å². The van der Waals surface area contributed by atoms with Crippen LogP contribution in [0, 0.1) is 6.92 Å². The minimum atomic E-state index is -5.08. The quantitative estimate of drug-likeness (QED) is 0.526.